The van der Waals surface area contributed by atoms with Crippen molar-refractivity contribution in [3.05, 3.63) is 131 Å². The molecule has 6 rings (SSSR count). The van der Waals surface area contributed by atoms with Crippen LogP contribution in [0.1, 0.15) is 55.6 Å². The molecule has 0 aliphatic heterocycles. The Labute approximate surface area is 299 Å². The molecule has 6 aromatic rings. The second kappa shape index (κ2) is 13.4. The van der Waals surface area contributed by atoms with Crippen LogP contribution in [0.15, 0.2) is 60.7 Å². The molecule has 0 radical (unpaired) electrons. The molecule has 0 spiro atoms. The summed E-state index contributed by atoms with van der Waals surface area (Å²) in [5.74, 6) is 0. The zero-order valence-corrected chi connectivity index (χ0v) is 35.4. The summed E-state index contributed by atoms with van der Waals surface area (Å²) in [6, 6.07) is 23.8. The average Bonchev–Trinajstić information content (AvgIpc) is 3.64. The second-order valence-corrected chi connectivity index (χ2v) is 18.1. The standard InChI is InChI=1S/C42H46Si.2CH3.Hf/c1-23-25(3)29(7)41(30(8)26(23)4)37-17-13-15-33-19-35(21-39(33)37)43(11,12)36-20-34-16-14-18-38(40(34)22-36)42-31(9)27(5)24(2)28(6)32(42)10;;;/h13-22H,1-12H3;2*1H3;/q-2;2*-1;+4. The normalized spacial score (nSPS) is 11.4. The molecule has 0 fully saturated rings. The minimum absolute atomic E-state index is 0. The maximum absolute atomic E-state index is 2.53. The summed E-state index contributed by atoms with van der Waals surface area (Å²) in [4.78, 5) is 0. The van der Waals surface area contributed by atoms with E-state index < -0.39 is 8.07 Å². The van der Waals surface area contributed by atoms with E-state index in [0.29, 0.717) is 0 Å². The van der Waals surface area contributed by atoms with Gasteiger partial charge in [-0.15, -0.1) is 68.3 Å². The molecule has 0 aliphatic rings. The van der Waals surface area contributed by atoms with Gasteiger partial charge in [0.05, 0.1) is 8.07 Å². The van der Waals surface area contributed by atoms with E-state index in [2.05, 4.69) is 143 Å². The quantitative estimate of drug-likeness (QED) is 0.123. The van der Waals surface area contributed by atoms with Crippen molar-refractivity contribution in [2.24, 2.45) is 0 Å². The molecule has 0 saturated carbocycles. The summed E-state index contributed by atoms with van der Waals surface area (Å²) in [5.41, 5.74) is 19.7. The van der Waals surface area contributed by atoms with Crippen molar-refractivity contribution in [2.75, 3.05) is 0 Å². The predicted molar refractivity (Wildman–Crippen MR) is 207 cm³/mol. The van der Waals surface area contributed by atoms with Gasteiger partial charge in [0.1, 0.15) is 0 Å². The van der Waals surface area contributed by atoms with E-state index in [0.717, 1.165) is 0 Å². The average molecular weight is 787 g/mol. The third-order valence-corrected chi connectivity index (χ3v) is 14.9. The van der Waals surface area contributed by atoms with Crippen LogP contribution < -0.4 is 10.4 Å². The van der Waals surface area contributed by atoms with Crippen molar-refractivity contribution in [1.82, 2.24) is 0 Å². The van der Waals surface area contributed by atoms with Crippen molar-refractivity contribution in [1.29, 1.82) is 0 Å². The smallest absolute Gasteiger partial charge is 0.358 e. The molecule has 0 amide bonds. The first-order valence-electron chi connectivity index (χ1n) is 15.8. The number of benzene rings is 4. The Hall–Kier alpha value is -2.81. The van der Waals surface area contributed by atoms with Gasteiger partial charge in [0.15, 0.2) is 0 Å². The molecule has 0 aliphatic carbocycles. The van der Waals surface area contributed by atoms with E-state index in [9.17, 15) is 0 Å². The van der Waals surface area contributed by atoms with Gasteiger partial charge in [-0.1, -0.05) is 36.4 Å². The van der Waals surface area contributed by atoms with E-state index in [1.807, 2.05) is 0 Å². The molecule has 0 N–H and O–H groups in total. The van der Waals surface area contributed by atoms with E-state index in [4.69, 9.17) is 0 Å². The first kappa shape index (κ1) is 37.6. The largest absolute Gasteiger partial charge is 4.00 e. The van der Waals surface area contributed by atoms with Crippen molar-refractivity contribution >= 4 is 40.0 Å². The predicted octanol–water partition coefficient (Wildman–Crippen LogP) is 11.6. The zero-order chi connectivity index (χ0) is 31.1. The molecule has 0 saturated heterocycles. The van der Waals surface area contributed by atoms with Gasteiger partial charge in [-0.2, -0.15) is 12.1 Å². The fourth-order valence-corrected chi connectivity index (χ4v) is 9.98. The Morgan fingerprint density at radius 1 is 0.435 bits per heavy atom. The van der Waals surface area contributed by atoms with E-state index in [1.165, 1.54) is 110 Å². The van der Waals surface area contributed by atoms with E-state index in [-0.39, 0.29) is 40.7 Å². The first-order chi connectivity index (χ1) is 20.2. The Morgan fingerprint density at radius 2 is 0.717 bits per heavy atom. The molecule has 0 bridgehead atoms. The van der Waals surface area contributed by atoms with Crippen LogP contribution in [0.3, 0.4) is 0 Å². The summed E-state index contributed by atoms with van der Waals surface area (Å²) in [5, 5.41) is 8.52. The topological polar surface area (TPSA) is 0 Å². The number of hydrogen-bond donors (Lipinski definition) is 0. The van der Waals surface area contributed by atoms with Crippen molar-refractivity contribution < 1.29 is 25.8 Å². The summed E-state index contributed by atoms with van der Waals surface area (Å²) >= 11 is 0. The fraction of sp³-hybridized carbons (Fsp3) is 0.273. The Bertz CT molecular complexity index is 1890. The first-order valence-corrected chi connectivity index (χ1v) is 18.8. The summed E-state index contributed by atoms with van der Waals surface area (Å²) in [6.45, 7) is 27.9. The van der Waals surface area contributed by atoms with E-state index >= 15 is 0 Å². The Morgan fingerprint density at radius 3 is 1.02 bits per heavy atom. The van der Waals surface area contributed by atoms with Gasteiger partial charge in [0, 0.05) is 0 Å². The Kier molecular flexibility index (Phi) is 10.9. The molecule has 0 unspecified atom stereocenters. The van der Waals surface area contributed by atoms with Crippen LogP contribution in [0.5, 0.6) is 0 Å². The van der Waals surface area contributed by atoms with Crippen LogP contribution in [0.2, 0.25) is 13.1 Å². The zero-order valence-electron chi connectivity index (χ0n) is 30.8. The Balaban J connectivity index is 0.00000192. The minimum atomic E-state index is -1.99. The number of fused-ring (bicyclic) bond motifs is 2. The van der Waals surface area contributed by atoms with Gasteiger partial charge in [-0.05, 0) is 136 Å². The molecule has 0 aromatic heterocycles. The molecule has 0 atom stereocenters. The van der Waals surface area contributed by atoms with Gasteiger partial charge in [-0.25, -0.2) is 0 Å². The maximum Gasteiger partial charge on any atom is 4.00 e. The molecule has 0 nitrogen and oxygen atoms in total. The van der Waals surface area contributed by atoms with Gasteiger partial charge < -0.3 is 14.9 Å². The third kappa shape index (κ3) is 5.58. The van der Waals surface area contributed by atoms with Crippen LogP contribution in [-0.2, 0) is 25.8 Å². The van der Waals surface area contributed by atoms with Gasteiger partial charge >= 0.3 is 25.8 Å². The molecule has 46 heavy (non-hydrogen) atoms. The van der Waals surface area contributed by atoms with Crippen LogP contribution >= 0.6 is 0 Å². The SMILES string of the molecule is Cc1c(C)c(C)c(-c2cccc3[cH-]c([Si](C)(C)c4cc5c(-c6c(C)c(C)c(C)c(C)c6C)cccc5[cH-]4)cc23)c(C)c1C.[CH3-].[CH3-].[Hf+4]. The monoisotopic (exact) mass is 788 g/mol. The van der Waals surface area contributed by atoms with Crippen molar-refractivity contribution in [2.45, 2.75) is 82.3 Å². The van der Waals surface area contributed by atoms with Crippen LogP contribution in [0.4, 0.5) is 0 Å². The summed E-state index contributed by atoms with van der Waals surface area (Å²) < 4.78 is 0. The third-order valence-electron chi connectivity index (χ3n) is 11.5. The van der Waals surface area contributed by atoms with E-state index in [1.54, 1.807) is 0 Å². The molecular weight excluding hydrogens is 735 g/mol. The van der Waals surface area contributed by atoms with Crippen LogP contribution in [0, 0.1) is 84.1 Å². The fourth-order valence-electron chi connectivity index (χ4n) is 7.60. The summed E-state index contributed by atoms with van der Waals surface area (Å²) in [7, 11) is -1.99. The summed E-state index contributed by atoms with van der Waals surface area (Å²) in [6.07, 6.45) is 0. The van der Waals surface area contributed by atoms with Crippen molar-refractivity contribution in [3.63, 3.8) is 0 Å². The molecule has 236 valence electrons. The molecule has 6 aromatic carbocycles. The number of hydrogen-bond acceptors (Lipinski definition) is 0. The maximum atomic E-state index is 2.53. The van der Waals surface area contributed by atoms with Gasteiger partial charge in [0.2, 0.25) is 0 Å². The van der Waals surface area contributed by atoms with Gasteiger partial charge in [-0.3, -0.25) is 0 Å². The minimum Gasteiger partial charge on any atom is -0.358 e. The van der Waals surface area contributed by atoms with Crippen LogP contribution in [-0.4, -0.2) is 8.07 Å². The second-order valence-electron chi connectivity index (χ2n) is 13.7. The molecular formula is C44H52HfSi. The molecule has 2 heteroatoms. The van der Waals surface area contributed by atoms with Crippen molar-refractivity contribution in [3.8, 4) is 22.3 Å². The van der Waals surface area contributed by atoms with Crippen LogP contribution in [0.25, 0.3) is 43.8 Å². The van der Waals surface area contributed by atoms with Gasteiger partial charge in [0.25, 0.3) is 0 Å². The number of rotatable bonds is 4. The molecule has 0 heterocycles.